The molecule has 0 saturated heterocycles. The van der Waals surface area contributed by atoms with Crippen molar-refractivity contribution in [2.75, 3.05) is 0 Å². The fourth-order valence-electron chi connectivity index (χ4n) is 2.06. The van der Waals surface area contributed by atoms with Crippen molar-refractivity contribution in [3.8, 4) is 11.3 Å². The maximum absolute atomic E-state index is 13.7. The number of fused-ring (bicyclic) bond motifs is 1. The van der Waals surface area contributed by atoms with Crippen molar-refractivity contribution in [3.05, 3.63) is 58.6 Å². The van der Waals surface area contributed by atoms with E-state index in [2.05, 4.69) is 25.9 Å². The van der Waals surface area contributed by atoms with Crippen LogP contribution in [-0.2, 0) is 0 Å². The molecule has 0 spiro atoms. The summed E-state index contributed by atoms with van der Waals surface area (Å²) in [6, 6.07) is 7.59. The van der Waals surface area contributed by atoms with Crippen LogP contribution in [0.3, 0.4) is 0 Å². The van der Waals surface area contributed by atoms with E-state index < -0.39 is 11.8 Å². The lowest BCUT2D eigenvalue weighted by Crippen LogP contribution is -2.01. The monoisotopic (exact) mass is 346 g/mol. The van der Waals surface area contributed by atoms with Gasteiger partial charge in [-0.3, -0.25) is 4.98 Å². The number of nitrogens with zero attached hydrogens (tertiary/aromatic N) is 2. The summed E-state index contributed by atoms with van der Waals surface area (Å²) in [6.45, 7) is 0. The third-order valence-electron chi connectivity index (χ3n) is 3.04. The van der Waals surface area contributed by atoms with Crippen LogP contribution in [0.2, 0.25) is 0 Å². The van der Waals surface area contributed by atoms with E-state index in [0.29, 0.717) is 16.6 Å². The van der Waals surface area contributed by atoms with E-state index in [1.165, 1.54) is 18.2 Å². The zero-order valence-electron chi connectivity index (χ0n) is 10.5. The Balaban J connectivity index is 2.35. The minimum atomic E-state index is -1.09. The van der Waals surface area contributed by atoms with Gasteiger partial charge in [-0.25, -0.2) is 14.2 Å². The van der Waals surface area contributed by atoms with Gasteiger partial charge in [0.2, 0.25) is 0 Å². The smallest absolute Gasteiger partial charge is 0.336 e. The third kappa shape index (κ3) is 2.50. The predicted molar refractivity (Wildman–Crippen MR) is 79.6 cm³/mol. The maximum Gasteiger partial charge on any atom is 0.336 e. The average molecular weight is 347 g/mol. The van der Waals surface area contributed by atoms with E-state index in [4.69, 9.17) is 0 Å². The Bertz CT molecular complexity index is 853. The molecule has 6 heteroatoms. The first kappa shape index (κ1) is 13.6. The second kappa shape index (κ2) is 5.21. The molecule has 2 heterocycles. The molecule has 0 aliphatic heterocycles. The minimum absolute atomic E-state index is 0.0690. The number of halogens is 2. The highest BCUT2D eigenvalue weighted by atomic mass is 79.9. The third-order valence-corrected chi connectivity index (χ3v) is 3.65. The van der Waals surface area contributed by atoms with Gasteiger partial charge in [-0.15, -0.1) is 0 Å². The summed E-state index contributed by atoms with van der Waals surface area (Å²) in [5, 5.41) is 9.74. The summed E-state index contributed by atoms with van der Waals surface area (Å²) in [5.74, 6) is -1.58. The van der Waals surface area contributed by atoms with Gasteiger partial charge < -0.3 is 5.11 Å². The second-order valence-corrected chi connectivity index (χ2v) is 5.24. The first-order chi connectivity index (χ1) is 10.1. The molecule has 0 aliphatic rings. The van der Waals surface area contributed by atoms with Crippen molar-refractivity contribution in [1.82, 2.24) is 9.97 Å². The molecular formula is C15H8BrFN2O2. The molecule has 0 atom stereocenters. The van der Waals surface area contributed by atoms with E-state index in [0.717, 1.165) is 0 Å². The van der Waals surface area contributed by atoms with Crippen LogP contribution < -0.4 is 0 Å². The molecule has 0 aliphatic carbocycles. The summed E-state index contributed by atoms with van der Waals surface area (Å²) in [5.41, 5.74) is 1.47. The van der Waals surface area contributed by atoms with Gasteiger partial charge in [-0.05, 0) is 40.2 Å². The Morgan fingerprint density at radius 2 is 2.10 bits per heavy atom. The number of hydrogen-bond donors (Lipinski definition) is 1. The van der Waals surface area contributed by atoms with Gasteiger partial charge in [0.15, 0.2) is 0 Å². The van der Waals surface area contributed by atoms with Gasteiger partial charge in [0, 0.05) is 29.4 Å². The minimum Gasteiger partial charge on any atom is -0.478 e. The van der Waals surface area contributed by atoms with Crippen molar-refractivity contribution in [1.29, 1.82) is 0 Å². The average Bonchev–Trinajstić information content (AvgIpc) is 2.48. The maximum atomic E-state index is 13.7. The van der Waals surface area contributed by atoms with Gasteiger partial charge >= 0.3 is 5.97 Å². The molecule has 0 amide bonds. The van der Waals surface area contributed by atoms with Gasteiger partial charge in [0.25, 0.3) is 0 Å². The summed E-state index contributed by atoms with van der Waals surface area (Å²) in [4.78, 5) is 19.7. The van der Waals surface area contributed by atoms with E-state index in [1.54, 1.807) is 24.5 Å². The molecule has 104 valence electrons. The van der Waals surface area contributed by atoms with Gasteiger partial charge in [-0.1, -0.05) is 0 Å². The first-order valence-corrected chi connectivity index (χ1v) is 6.79. The SMILES string of the molecule is O=C(O)c1cc(-c2cccnc2)nc2cc(F)c(Br)cc12. The number of carbonyl (C=O) groups is 1. The van der Waals surface area contributed by atoms with Crippen LogP contribution in [0, 0.1) is 5.82 Å². The summed E-state index contributed by atoms with van der Waals surface area (Å²) >= 11 is 3.06. The zero-order chi connectivity index (χ0) is 15.0. The number of benzene rings is 1. The molecule has 4 nitrogen and oxygen atoms in total. The lowest BCUT2D eigenvalue weighted by Gasteiger charge is -2.08. The van der Waals surface area contributed by atoms with Crippen molar-refractivity contribution in [2.24, 2.45) is 0 Å². The molecule has 1 N–H and O–H groups in total. The zero-order valence-corrected chi connectivity index (χ0v) is 12.1. The first-order valence-electron chi connectivity index (χ1n) is 6.00. The van der Waals surface area contributed by atoms with Crippen LogP contribution in [0.15, 0.2) is 47.2 Å². The van der Waals surface area contributed by atoms with Crippen molar-refractivity contribution in [3.63, 3.8) is 0 Å². The number of aromatic nitrogens is 2. The number of carboxylic acids is 1. The summed E-state index contributed by atoms with van der Waals surface area (Å²) in [6.07, 6.45) is 3.19. The fourth-order valence-corrected chi connectivity index (χ4v) is 2.40. The molecular weight excluding hydrogens is 339 g/mol. The number of carboxylic acid groups (broad SMARTS) is 1. The number of aromatic carboxylic acids is 1. The van der Waals surface area contributed by atoms with Crippen LogP contribution in [0.4, 0.5) is 4.39 Å². The molecule has 0 fully saturated rings. The molecule has 0 unspecified atom stereocenters. The highest BCUT2D eigenvalue weighted by molar-refractivity contribution is 9.10. The molecule has 21 heavy (non-hydrogen) atoms. The van der Waals surface area contributed by atoms with E-state index >= 15 is 0 Å². The normalized spacial score (nSPS) is 10.8. The summed E-state index contributed by atoms with van der Waals surface area (Å²) in [7, 11) is 0. The molecule has 3 aromatic rings. The van der Waals surface area contributed by atoms with Crippen LogP contribution in [-0.4, -0.2) is 21.0 Å². The van der Waals surface area contributed by atoms with Gasteiger partial charge in [-0.2, -0.15) is 0 Å². The van der Waals surface area contributed by atoms with Gasteiger partial charge in [0.05, 0.1) is 21.2 Å². The molecule has 3 rings (SSSR count). The van der Waals surface area contributed by atoms with Crippen molar-refractivity contribution in [2.45, 2.75) is 0 Å². The highest BCUT2D eigenvalue weighted by Gasteiger charge is 2.15. The lowest BCUT2D eigenvalue weighted by molar-refractivity contribution is 0.0699. The second-order valence-electron chi connectivity index (χ2n) is 4.39. The molecule has 0 saturated carbocycles. The van der Waals surface area contributed by atoms with Crippen LogP contribution in [0.5, 0.6) is 0 Å². The van der Waals surface area contributed by atoms with Crippen molar-refractivity contribution >= 4 is 32.8 Å². The lowest BCUT2D eigenvalue weighted by atomic mass is 10.1. The quantitative estimate of drug-likeness (QED) is 0.764. The Hall–Kier alpha value is -2.34. The topological polar surface area (TPSA) is 63.1 Å². The standard InChI is InChI=1S/C15H8BrFN2O2/c16-11-4-9-10(15(20)21)5-13(8-2-1-3-18-7-8)19-14(9)6-12(11)17/h1-7H,(H,20,21). The molecule has 2 aromatic heterocycles. The fraction of sp³-hybridized carbons (Fsp3) is 0. The van der Waals surface area contributed by atoms with Crippen molar-refractivity contribution < 1.29 is 14.3 Å². The van der Waals surface area contributed by atoms with Crippen LogP contribution >= 0.6 is 15.9 Å². The van der Waals surface area contributed by atoms with E-state index in [-0.39, 0.29) is 15.6 Å². The molecule has 0 radical (unpaired) electrons. The predicted octanol–water partition coefficient (Wildman–Crippen LogP) is 3.90. The van der Waals surface area contributed by atoms with E-state index in [1.807, 2.05) is 0 Å². The van der Waals surface area contributed by atoms with Gasteiger partial charge in [0.1, 0.15) is 5.82 Å². The molecule has 0 bridgehead atoms. The largest absolute Gasteiger partial charge is 0.478 e. The Morgan fingerprint density at radius 1 is 1.29 bits per heavy atom. The highest BCUT2D eigenvalue weighted by Crippen LogP contribution is 2.28. The summed E-state index contributed by atoms with van der Waals surface area (Å²) < 4.78 is 13.9. The molecule has 1 aromatic carbocycles. The number of rotatable bonds is 2. The number of hydrogen-bond acceptors (Lipinski definition) is 3. The Morgan fingerprint density at radius 3 is 2.76 bits per heavy atom. The van der Waals surface area contributed by atoms with E-state index in [9.17, 15) is 14.3 Å². The Kier molecular flexibility index (Phi) is 3.39. The Labute approximate surface area is 127 Å². The van der Waals surface area contributed by atoms with Crippen LogP contribution in [0.25, 0.3) is 22.2 Å². The number of pyridine rings is 2. The van der Waals surface area contributed by atoms with Crippen LogP contribution in [0.1, 0.15) is 10.4 Å².